The van der Waals surface area contributed by atoms with Crippen molar-refractivity contribution in [1.29, 1.82) is 0 Å². The van der Waals surface area contributed by atoms with E-state index in [0.29, 0.717) is 37.6 Å². The number of benzene rings is 3. The zero-order valence-corrected chi connectivity index (χ0v) is 20.8. The van der Waals surface area contributed by atoms with Gasteiger partial charge in [-0.25, -0.2) is 4.79 Å². The Morgan fingerprint density at radius 1 is 0.889 bits per heavy atom. The number of aryl methyl sites for hydroxylation is 1. The van der Waals surface area contributed by atoms with Gasteiger partial charge < -0.3 is 19.1 Å². The number of para-hydroxylation sites is 1. The second-order valence-electron chi connectivity index (χ2n) is 8.16. The van der Waals surface area contributed by atoms with Gasteiger partial charge in [0.15, 0.2) is 0 Å². The van der Waals surface area contributed by atoms with E-state index in [1.165, 1.54) is 0 Å². The van der Waals surface area contributed by atoms with Crippen molar-refractivity contribution in [2.45, 2.75) is 26.8 Å². The van der Waals surface area contributed by atoms with E-state index in [-0.39, 0.29) is 0 Å². The predicted octanol–water partition coefficient (Wildman–Crippen LogP) is 5.23. The largest absolute Gasteiger partial charge is 0.497 e. The molecule has 4 rings (SSSR count). The maximum atomic E-state index is 12.6. The second-order valence-corrected chi connectivity index (χ2v) is 8.16. The van der Waals surface area contributed by atoms with Gasteiger partial charge in [0.1, 0.15) is 17.2 Å². The van der Waals surface area contributed by atoms with Gasteiger partial charge in [-0.2, -0.15) is 15.0 Å². The van der Waals surface area contributed by atoms with Crippen molar-refractivity contribution in [2.24, 2.45) is 0 Å². The first-order valence-corrected chi connectivity index (χ1v) is 11.9. The predicted molar refractivity (Wildman–Crippen MR) is 137 cm³/mol. The monoisotopic (exact) mass is 486 g/mol. The fraction of sp³-hybridized carbons (Fsp3) is 0.250. The van der Waals surface area contributed by atoms with Gasteiger partial charge in [0.2, 0.25) is 0 Å². The molecule has 0 aliphatic rings. The SMILES string of the molecule is CCN(Cc1ccc(OCCc2nn(-c3ccccc3)nc2C)cc1)C(=O)Oc1ccc(OC)cc1. The van der Waals surface area contributed by atoms with E-state index in [1.807, 2.05) is 68.4 Å². The summed E-state index contributed by atoms with van der Waals surface area (Å²) in [6.07, 6.45) is 0.253. The first-order valence-electron chi connectivity index (χ1n) is 11.9. The lowest BCUT2D eigenvalue weighted by Crippen LogP contribution is -2.32. The highest BCUT2D eigenvalue weighted by Gasteiger charge is 2.15. The standard InChI is InChI=1S/C28H30N4O4/c1-4-31(28(33)36-26-16-14-24(34-3)15-17-26)20-22-10-12-25(13-11-22)35-19-18-27-21(2)29-32(30-27)23-8-6-5-7-9-23/h5-17H,4,18-20H2,1-3H3. The summed E-state index contributed by atoms with van der Waals surface area (Å²) in [6, 6.07) is 24.5. The molecule has 3 aromatic carbocycles. The van der Waals surface area contributed by atoms with Gasteiger partial charge in [-0.05, 0) is 67.9 Å². The lowest BCUT2D eigenvalue weighted by atomic mass is 10.2. The molecule has 0 unspecified atom stereocenters. The van der Waals surface area contributed by atoms with Crippen LogP contribution in [0.1, 0.15) is 23.9 Å². The first-order chi connectivity index (χ1) is 17.6. The molecule has 1 aromatic heterocycles. The lowest BCUT2D eigenvalue weighted by molar-refractivity contribution is 0.152. The topological polar surface area (TPSA) is 78.7 Å². The van der Waals surface area contributed by atoms with E-state index in [4.69, 9.17) is 14.2 Å². The van der Waals surface area contributed by atoms with Crippen molar-refractivity contribution in [2.75, 3.05) is 20.3 Å². The molecule has 186 valence electrons. The van der Waals surface area contributed by atoms with Crippen molar-refractivity contribution in [3.05, 3.63) is 95.8 Å². The summed E-state index contributed by atoms with van der Waals surface area (Å²) < 4.78 is 16.5. The summed E-state index contributed by atoms with van der Waals surface area (Å²) in [7, 11) is 1.59. The van der Waals surface area contributed by atoms with E-state index in [2.05, 4.69) is 10.2 Å². The summed E-state index contributed by atoms with van der Waals surface area (Å²) in [4.78, 5) is 15.9. The number of aromatic nitrogens is 3. The Morgan fingerprint density at radius 3 is 2.22 bits per heavy atom. The third-order valence-corrected chi connectivity index (χ3v) is 5.67. The summed E-state index contributed by atoms with van der Waals surface area (Å²) in [6.45, 7) is 5.32. The zero-order chi connectivity index (χ0) is 25.3. The van der Waals surface area contributed by atoms with Crippen molar-refractivity contribution < 1.29 is 19.0 Å². The molecular weight excluding hydrogens is 456 g/mol. The summed E-state index contributed by atoms with van der Waals surface area (Å²) in [5.74, 6) is 1.94. The zero-order valence-electron chi connectivity index (χ0n) is 20.8. The number of amides is 1. The number of methoxy groups -OCH3 is 1. The molecule has 8 heteroatoms. The van der Waals surface area contributed by atoms with Crippen LogP contribution in [-0.2, 0) is 13.0 Å². The van der Waals surface area contributed by atoms with Crippen molar-refractivity contribution >= 4 is 6.09 Å². The molecule has 0 aliphatic heterocycles. The highest BCUT2D eigenvalue weighted by molar-refractivity contribution is 5.70. The van der Waals surface area contributed by atoms with Gasteiger partial charge in [0, 0.05) is 19.5 Å². The Balaban J connectivity index is 1.27. The van der Waals surface area contributed by atoms with Gasteiger partial charge in [-0.3, -0.25) is 0 Å². The number of rotatable bonds is 10. The minimum atomic E-state index is -0.401. The number of hydrogen-bond donors (Lipinski definition) is 0. The van der Waals surface area contributed by atoms with Gasteiger partial charge >= 0.3 is 6.09 Å². The molecule has 0 saturated carbocycles. The number of ether oxygens (including phenoxy) is 3. The van der Waals surface area contributed by atoms with Crippen LogP contribution in [-0.4, -0.2) is 46.2 Å². The number of carbonyl (C=O) groups is 1. The van der Waals surface area contributed by atoms with Crippen LogP contribution >= 0.6 is 0 Å². The fourth-order valence-electron chi connectivity index (χ4n) is 3.61. The Hall–Kier alpha value is -4.33. The lowest BCUT2D eigenvalue weighted by Gasteiger charge is -2.20. The Labute approximate surface area is 211 Å². The number of nitrogens with zero attached hydrogens (tertiary/aromatic N) is 4. The van der Waals surface area contributed by atoms with Gasteiger partial charge in [-0.1, -0.05) is 30.3 Å². The molecule has 0 N–H and O–H groups in total. The maximum Gasteiger partial charge on any atom is 0.415 e. The van der Waals surface area contributed by atoms with Crippen LogP contribution in [0.3, 0.4) is 0 Å². The van der Waals surface area contributed by atoms with E-state index in [9.17, 15) is 4.79 Å². The Morgan fingerprint density at radius 2 is 1.56 bits per heavy atom. The minimum absolute atomic E-state index is 0.401. The van der Waals surface area contributed by atoms with Crippen LogP contribution in [0.15, 0.2) is 78.9 Å². The van der Waals surface area contributed by atoms with E-state index >= 15 is 0 Å². The van der Waals surface area contributed by atoms with Crippen molar-refractivity contribution in [3.8, 4) is 22.9 Å². The van der Waals surface area contributed by atoms with Crippen LogP contribution in [0.4, 0.5) is 4.79 Å². The third kappa shape index (κ3) is 6.41. The normalized spacial score (nSPS) is 10.6. The van der Waals surface area contributed by atoms with Crippen LogP contribution in [0.5, 0.6) is 17.2 Å². The average molecular weight is 487 g/mol. The number of carbonyl (C=O) groups excluding carboxylic acids is 1. The molecule has 1 heterocycles. The quantitative estimate of drug-likeness (QED) is 0.306. The van der Waals surface area contributed by atoms with Crippen molar-refractivity contribution in [1.82, 2.24) is 19.9 Å². The molecule has 36 heavy (non-hydrogen) atoms. The van der Waals surface area contributed by atoms with E-state index in [0.717, 1.165) is 28.4 Å². The average Bonchev–Trinajstić information content (AvgIpc) is 3.29. The summed E-state index contributed by atoms with van der Waals surface area (Å²) in [5.41, 5.74) is 3.71. The van der Waals surface area contributed by atoms with Crippen LogP contribution in [0.2, 0.25) is 0 Å². The van der Waals surface area contributed by atoms with E-state index < -0.39 is 6.09 Å². The van der Waals surface area contributed by atoms with Crippen molar-refractivity contribution in [3.63, 3.8) is 0 Å². The van der Waals surface area contributed by atoms with Crippen LogP contribution in [0, 0.1) is 6.92 Å². The maximum absolute atomic E-state index is 12.6. The molecule has 4 aromatic rings. The second kappa shape index (κ2) is 11.9. The summed E-state index contributed by atoms with van der Waals surface area (Å²) >= 11 is 0. The van der Waals surface area contributed by atoms with Gasteiger partial charge in [0.25, 0.3) is 0 Å². The number of hydrogen-bond acceptors (Lipinski definition) is 6. The summed E-state index contributed by atoms with van der Waals surface area (Å²) in [5, 5.41) is 9.10. The highest BCUT2D eigenvalue weighted by Crippen LogP contribution is 2.19. The van der Waals surface area contributed by atoms with E-state index in [1.54, 1.807) is 41.1 Å². The highest BCUT2D eigenvalue weighted by atomic mass is 16.6. The molecule has 8 nitrogen and oxygen atoms in total. The van der Waals surface area contributed by atoms with Crippen LogP contribution < -0.4 is 14.2 Å². The molecule has 0 aliphatic carbocycles. The van der Waals surface area contributed by atoms with Gasteiger partial charge in [0.05, 0.1) is 30.8 Å². The molecule has 0 bridgehead atoms. The molecule has 0 spiro atoms. The minimum Gasteiger partial charge on any atom is -0.497 e. The smallest absolute Gasteiger partial charge is 0.415 e. The van der Waals surface area contributed by atoms with Gasteiger partial charge in [-0.15, -0.1) is 0 Å². The Bertz CT molecular complexity index is 1260. The molecule has 0 saturated heterocycles. The molecular formula is C28H30N4O4. The molecule has 0 atom stereocenters. The molecule has 0 radical (unpaired) electrons. The Kier molecular flexibility index (Phi) is 8.18. The fourth-order valence-corrected chi connectivity index (χ4v) is 3.61. The third-order valence-electron chi connectivity index (χ3n) is 5.67. The molecule has 0 fully saturated rings. The first kappa shape index (κ1) is 24.8. The van der Waals surface area contributed by atoms with Crippen LogP contribution in [0.25, 0.3) is 5.69 Å². The molecule has 1 amide bonds.